The van der Waals surface area contributed by atoms with E-state index in [1.807, 2.05) is 0 Å². The Labute approximate surface area is 106 Å². The van der Waals surface area contributed by atoms with Crippen LogP contribution >= 0.6 is 0 Å². The molecule has 0 aliphatic heterocycles. The van der Waals surface area contributed by atoms with E-state index in [1.54, 1.807) is 0 Å². The molecule has 6 nitrogen and oxygen atoms in total. The van der Waals surface area contributed by atoms with Crippen molar-refractivity contribution in [2.45, 2.75) is 6.54 Å². The van der Waals surface area contributed by atoms with Crippen LogP contribution in [0.5, 0.6) is 0 Å². The van der Waals surface area contributed by atoms with Crippen molar-refractivity contribution in [1.82, 2.24) is 10.3 Å². The van der Waals surface area contributed by atoms with Crippen molar-refractivity contribution >= 4 is 11.9 Å². The topological polar surface area (TPSA) is 92.4 Å². The first-order valence-corrected chi connectivity index (χ1v) is 5.27. The number of carbonyl (C=O) groups excluding carboxylic acids is 1. The second kappa shape index (κ2) is 5.30. The van der Waals surface area contributed by atoms with Gasteiger partial charge in [-0.1, -0.05) is 0 Å². The zero-order valence-corrected chi connectivity index (χ0v) is 9.59. The van der Waals surface area contributed by atoms with Crippen molar-refractivity contribution in [3.63, 3.8) is 0 Å². The molecule has 2 aromatic heterocycles. The van der Waals surface area contributed by atoms with Crippen molar-refractivity contribution in [2.24, 2.45) is 0 Å². The molecule has 0 spiro atoms. The Balaban J connectivity index is 1.98. The summed E-state index contributed by atoms with van der Waals surface area (Å²) in [5.74, 6) is -2.25. The molecule has 2 rings (SSSR count). The number of amides is 1. The number of carbonyl (C=O) groups is 2. The van der Waals surface area contributed by atoms with Crippen LogP contribution in [0.1, 0.15) is 26.7 Å². The second-order valence-corrected chi connectivity index (χ2v) is 3.65. The lowest BCUT2D eigenvalue weighted by atomic mass is 10.2. The predicted molar refractivity (Wildman–Crippen MR) is 61.0 cm³/mol. The quantitative estimate of drug-likeness (QED) is 0.871. The molecule has 0 saturated carbocycles. The molecule has 98 valence electrons. The molecule has 0 unspecified atom stereocenters. The highest BCUT2D eigenvalue weighted by molar-refractivity contribution is 5.93. The van der Waals surface area contributed by atoms with Crippen LogP contribution in [0.2, 0.25) is 0 Å². The van der Waals surface area contributed by atoms with Crippen molar-refractivity contribution in [2.75, 3.05) is 0 Å². The molecule has 1 amide bonds. The van der Waals surface area contributed by atoms with Gasteiger partial charge in [0.25, 0.3) is 5.91 Å². The largest absolute Gasteiger partial charge is 0.475 e. The zero-order chi connectivity index (χ0) is 13.8. The summed E-state index contributed by atoms with van der Waals surface area (Å²) in [6.45, 7) is 0.00261. The van der Waals surface area contributed by atoms with Crippen molar-refractivity contribution in [3.8, 4) is 0 Å². The molecule has 0 bridgehead atoms. The summed E-state index contributed by atoms with van der Waals surface area (Å²) in [5, 5.41) is 11.1. The number of hydrogen-bond acceptors (Lipinski definition) is 4. The summed E-state index contributed by atoms with van der Waals surface area (Å²) < 4.78 is 17.8. The monoisotopic (exact) mass is 264 g/mol. The van der Waals surface area contributed by atoms with Crippen LogP contribution in [0.4, 0.5) is 4.39 Å². The van der Waals surface area contributed by atoms with E-state index in [2.05, 4.69) is 10.3 Å². The first-order valence-electron chi connectivity index (χ1n) is 5.27. The lowest BCUT2D eigenvalue weighted by molar-refractivity contribution is 0.0660. The summed E-state index contributed by atoms with van der Waals surface area (Å²) >= 11 is 0. The van der Waals surface area contributed by atoms with Crippen LogP contribution in [-0.2, 0) is 6.54 Å². The van der Waals surface area contributed by atoms with Gasteiger partial charge in [-0.05, 0) is 18.2 Å². The number of furan rings is 1. The molecule has 0 aliphatic carbocycles. The number of hydrogen-bond donors (Lipinski definition) is 2. The normalized spacial score (nSPS) is 10.2. The first kappa shape index (κ1) is 12.7. The smallest absolute Gasteiger partial charge is 0.371 e. The molecular weight excluding hydrogens is 255 g/mol. The molecule has 0 atom stereocenters. The van der Waals surface area contributed by atoms with E-state index >= 15 is 0 Å². The lowest BCUT2D eigenvalue weighted by Crippen LogP contribution is -2.22. The van der Waals surface area contributed by atoms with Crippen LogP contribution in [0, 0.1) is 5.82 Å². The fraction of sp³-hybridized carbons (Fsp3) is 0.0833. The third-order valence-electron chi connectivity index (χ3n) is 2.26. The number of carboxylic acids is 1. The molecule has 0 aliphatic rings. The minimum atomic E-state index is -1.19. The van der Waals surface area contributed by atoms with Crippen LogP contribution < -0.4 is 5.32 Å². The Morgan fingerprint density at radius 2 is 2.16 bits per heavy atom. The van der Waals surface area contributed by atoms with Crippen LogP contribution in [0.3, 0.4) is 0 Å². The van der Waals surface area contributed by atoms with Gasteiger partial charge in [-0.2, -0.15) is 0 Å². The molecular formula is C12H9FN2O4. The Morgan fingerprint density at radius 3 is 2.79 bits per heavy atom. The van der Waals surface area contributed by atoms with Gasteiger partial charge < -0.3 is 14.8 Å². The van der Waals surface area contributed by atoms with Crippen molar-refractivity contribution in [1.29, 1.82) is 0 Å². The SMILES string of the molecule is O=C(NCc1ccc(C(=O)O)o1)c1cncc(F)c1. The first-order chi connectivity index (χ1) is 9.06. The molecule has 0 radical (unpaired) electrons. The van der Waals surface area contributed by atoms with Crippen LogP contribution in [0.15, 0.2) is 35.0 Å². The molecule has 19 heavy (non-hydrogen) atoms. The van der Waals surface area contributed by atoms with E-state index in [0.717, 1.165) is 12.3 Å². The molecule has 2 heterocycles. The van der Waals surface area contributed by atoms with Crippen molar-refractivity contribution < 1.29 is 23.5 Å². The van der Waals surface area contributed by atoms with Gasteiger partial charge in [0.1, 0.15) is 11.6 Å². The Kier molecular flexibility index (Phi) is 3.56. The van der Waals surface area contributed by atoms with Gasteiger partial charge in [0.15, 0.2) is 0 Å². The standard InChI is InChI=1S/C12H9FN2O4/c13-8-3-7(4-14-5-8)11(16)15-6-9-1-2-10(19-9)12(17)18/h1-5H,6H2,(H,15,16)(H,17,18). The van der Waals surface area contributed by atoms with Crippen molar-refractivity contribution in [3.05, 3.63) is 53.5 Å². The molecule has 2 N–H and O–H groups in total. The number of pyridine rings is 1. The van der Waals surface area contributed by atoms with E-state index in [9.17, 15) is 14.0 Å². The Morgan fingerprint density at radius 1 is 1.37 bits per heavy atom. The number of nitrogens with zero attached hydrogens (tertiary/aromatic N) is 1. The summed E-state index contributed by atoms with van der Waals surface area (Å²) in [6, 6.07) is 3.77. The predicted octanol–water partition coefficient (Wildman–Crippen LogP) is 1.44. The average Bonchev–Trinajstić information content (AvgIpc) is 2.85. The molecule has 0 fully saturated rings. The van der Waals surface area contributed by atoms with Gasteiger partial charge in [-0.15, -0.1) is 0 Å². The van der Waals surface area contributed by atoms with Gasteiger partial charge in [-0.3, -0.25) is 9.78 Å². The van der Waals surface area contributed by atoms with Gasteiger partial charge in [-0.25, -0.2) is 9.18 Å². The maximum atomic E-state index is 12.9. The average molecular weight is 264 g/mol. The van der Waals surface area contributed by atoms with Gasteiger partial charge >= 0.3 is 5.97 Å². The third-order valence-corrected chi connectivity index (χ3v) is 2.26. The summed E-state index contributed by atoms with van der Waals surface area (Å²) in [7, 11) is 0. The van der Waals surface area contributed by atoms with Crippen LogP contribution in [0.25, 0.3) is 0 Å². The van der Waals surface area contributed by atoms with E-state index in [4.69, 9.17) is 9.52 Å². The zero-order valence-electron chi connectivity index (χ0n) is 9.59. The summed E-state index contributed by atoms with van der Waals surface area (Å²) in [5.41, 5.74) is 0.0741. The Hall–Kier alpha value is -2.70. The Bertz CT molecular complexity index is 624. The van der Waals surface area contributed by atoms with Gasteiger partial charge in [0, 0.05) is 6.20 Å². The molecule has 2 aromatic rings. The second-order valence-electron chi connectivity index (χ2n) is 3.65. The van der Waals surface area contributed by atoms with E-state index in [1.165, 1.54) is 18.3 Å². The highest BCUT2D eigenvalue weighted by Gasteiger charge is 2.11. The maximum absolute atomic E-state index is 12.9. The fourth-order valence-electron chi connectivity index (χ4n) is 1.39. The number of nitrogens with one attached hydrogen (secondary N) is 1. The third kappa shape index (κ3) is 3.15. The van der Waals surface area contributed by atoms with E-state index < -0.39 is 17.7 Å². The summed E-state index contributed by atoms with van der Waals surface area (Å²) in [4.78, 5) is 25.8. The number of aromatic nitrogens is 1. The van der Waals surface area contributed by atoms with Gasteiger partial charge in [0.2, 0.25) is 5.76 Å². The van der Waals surface area contributed by atoms with E-state index in [-0.39, 0.29) is 23.6 Å². The highest BCUT2D eigenvalue weighted by Crippen LogP contribution is 2.08. The molecule has 0 saturated heterocycles. The fourth-order valence-corrected chi connectivity index (χ4v) is 1.39. The minimum absolute atomic E-state index is 0.00261. The number of aromatic carboxylic acids is 1. The summed E-state index contributed by atoms with van der Waals surface area (Å²) in [6.07, 6.45) is 2.21. The van der Waals surface area contributed by atoms with Crippen LogP contribution in [-0.4, -0.2) is 22.0 Å². The maximum Gasteiger partial charge on any atom is 0.371 e. The number of halogens is 1. The lowest BCUT2D eigenvalue weighted by Gasteiger charge is -2.02. The van der Waals surface area contributed by atoms with Gasteiger partial charge in [0.05, 0.1) is 18.3 Å². The number of rotatable bonds is 4. The molecule has 0 aromatic carbocycles. The molecule has 7 heteroatoms. The number of carboxylic acid groups (broad SMARTS) is 1. The minimum Gasteiger partial charge on any atom is -0.475 e. The highest BCUT2D eigenvalue weighted by atomic mass is 19.1. The van der Waals surface area contributed by atoms with E-state index in [0.29, 0.717) is 0 Å².